The largest absolute Gasteiger partial charge is 0.290 e. The van der Waals surface area contributed by atoms with Crippen molar-refractivity contribution < 1.29 is 0 Å². The second kappa shape index (κ2) is 8.36. The quantitative estimate of drug-likeness (QED) is 0.244. The lowest BCUT2D eigenvalue weighted by molar-refractivity contribution is 0.108. The van der Waals surface area contributed by atoms with Gasteiger partial charge in [-0.15, -0.1) is 0 Å². The number of fused-ring (bicyclic) bond motifs is 15. The van der Waals surface area contributed by atoms with Gasteiger partial charge < -0.3 is 0 Å². The summed E-state index contributed by atoms with van der Waals surface area (Å²) in [5.41, 5.74) is 0. The summed E-state index contributed by atoms with van der Waals surface area (Å²) in [5, 5.41) is 24.0. The maximum Gasteiger partial charge on any atom is 0.215 e. The fourth-order valence-corrected chi connectivity index (χ4v) is 9.53. The van der Waals surface area contributed by atoms with E-state index in [1.165, 1.54) is 77.0 Å². The van der Waals surface area contributed by atoms with Crippen LogP contribution in [0.4, 0.5) is 0 Å². The van der Waals surface area contributed by atoms with Gasteiger partial charge in [-0.2, -0.15) is 0 Å². The Kier molecular flexibility index (Phi) is 4.89. The number of piperazine rings is 3. The van der Waals surface area contributed by atoms with Crippen molar-refractivity contribution >= 4 is 17.9 Å². The zero-order valence-electron chi connectivity index (χ0n) is 22.6. The maximum absolute atomic E-state index is 5.41. The smallest absolute Gasteiger partial charge is 0.215 e. The molecule has 0 aromatic rings. The number of guanidine groups is 3. The van der Waals surface area contributed by atoms with Gasteiger partial charge in [0.2, 0.25) is 17.9 Å². The molecule has 10 aliphatic rings. The van der Waals surface area contributed by atoms with E-state index in [0.29, 0.717) is 36.3 Å². The number of rotatable bonds is 0. The molecule has 0 spiro atoms. The highest BCUT2D eigenvalue weighted by atomic mass is 15.7. The minimum Gasteiger partial charge on any atom is -0.290 e. The Balaban J connectivity index is 1.06. The van der Waals surface area contributed by atoms with Crippen LogP contribution in [0.25, 0.3) is 0 Å². The Morgan fingerprint density at radius 1 is 0.385 bits per heavy atom. The second-order valence-electron chi connectivity index (χ2n) is 13.6. The van der Waals surface area contributed by atoms with Gasteiger partial charge >= 0.3 is 0 Å². The molecular weight excluding hydrogens is 492 g/mol. The lowest BCUT2D eigenvalue weighted by Gasteiger charge is -2.51. The van der Waals surface area contributed by atoms with Crippen LogP contribution in [0.1, 0.15) is 77.0 Å². The number of hydrogen-bond donors (Lipinski definition) is 6. The summed E-state index contributed by atoms with van der Waals surface area (Å²) in [5.74, 6) is 3.01. The zero-order valence-corrected chi connectivity index (χ0v) is 22.6. The molecule has 10 rings (SSSR count). The van der Waals surface area contributed by atoms with E-state index in [0.717, 1.165) is 17.9 Å². The Morgan fingerprint density at radius 3 is 0.923 bits per heavy atom. The average molecular weight is 535 g/mol. The van der Waals surface area contributed by atoms with Crippen molar-refractivity contribution in [1.82, 2.24) is 46.6 Å². The molecule has 12 atom stereocenters. The van der Waals surface area contributed by atoms with E-state index in [2.05, 4.69) is 46.6 Å². The Morgan fingerprint density at radius 2 is 0.641 bits per heavy atom. The molecule has 0 aromatic heterocycles. The molecule has 0 aromatic carbocycles. The summed E-state index contributed by atoms with van der Waals surface area (Å²) in [7, 11) is 0. The van der Waals surface area contributed by atoms with E-state index in [1.807, 2.05) is 0 Å². The summed E-state index contributed by atoms with van der Waals surface area (Å²) < 4.78 is 0. The molecule has 210 valence electrons. The van der Waals surface area contributed by atoms with E-state index in [-0.39, 0.29) is 37.0 Å². The molecule has 12 unspecified atom stereocenters. The third-order valence-electron chi connectivity index (χ3n) is 11.4. The van der Waals surface area contributed by atoms with E-state index in [9.17, 15) is 0 Å². The van der Waals surface area contributed by atoms with Crippen LogP contribution in [-0.2, 0) is 0 Å². The highest BCUT2D eigenvalue weighted by molar-refractivity contribution is 6.19. The molecule has 0 bridgehead atoms. The van der Waals surface area contributed by atoms with Crippen LogP contribution in [0.15, 0.2) is 15.0 Å². The molecule has 0 radical (unpaired) electrons. The van der Waals surface area contributed by atoms with E-state index in [4.69, 9.17) is 15.0 Å². The van der Waals surface area contributed by atoms with Gasteiger partial charge in [-0.3, -0.25) is 46.6 Å². The van der Waals surface area contributed by atoms with Gasteiger partial charge in [0.1, 0.15) is 37.0 Å². The van der Waals surface area contributed by atoms with Gasteiger partial charge in [0.15, 0.2) is 0 Å². The van der Waals surface area contributed by atoms with Crippen LogP contribution in [-0.4, -0.2) is 106 Å². The summed E-state index contributed by atoms with van der Waals surface area (Å²) in [6, 6.07) is 2.97. The normalized spacial score (nSPS) is 51.1. The topological polar surface area (TPSA) is 119 Å². The monoisotopic (exact) mass is 534 g/mol. The SMILES string of the molecule is C1CCC2NC3C(N=C4N3C3=NC5NC6CCCCC6NC5N3C3=NC5NC6CCCCC6NC5N43)NC2C1. The molecule has 4 saturated heterocycles. The van der Waals surface area contributed by atoms with Gasteiger partial charge in [-0.25, -0.2) is 15.0 Å². The van der Waals surface area contributed by atoms with Gasteiger partial charge in [0.05, 0.1) is 0 Å². The lowest BCUT2D eigenvalue weighted by Crippen LogP contribution is -2.77. The summed E-state index contributed by atoms with van der Waals surface area (Å²) in [6.07, 6.45) is 15.5. The summed E-state index contributed by atoms with van der Waals surface area (Å²) in [4.78, 5) is 23.5. The van der Waals surface area contributed by atoms with Crippen LogP contribution in [0.3, 0.4) is 0 Å². The fourth-order valence-electron chi connectivity index (χ4n) is 9.53. The van der Waals surface area contributed by atoms with Crippen LogP contribution in [0.2, 0.25) is 0 Å². The third-order valence-corrected chi connectivity index (χ3v) is 11.4. The van der Waals surface area contributed by atoms with Gasteiger partial charge in [0, 0.05) is 36.3 Å². The zero-order chi connectivity index (χ0) is 25.2. The van der Waals surface area contributed by atoms with Crippen molar-refractivity contribution in [3.8, 4) is 0 Å². The average Bonchev–Trinajstić information content (AvgIpc) is 3.63. The molecule has 7 fully saturated rings. The van der Waals surface area contributed by atoms with E-state index < -0.39 is 0 Å². The van der Waals surface area contributed by atoms with E-state index >= 15 is 0 Å². The van der Waals surface area contributed by atoms with Gasteiger partial charge in [0.25, 0.3) is 0 Å². The molecule has 7 aliphatic heterocycles. The first-order chi connectivity index (χ1) is 19.3. The van der Waals surface area contributed by atoms with Crippen molar-refractivity contribution in [2.45, 2.75) is 150 Å². The molecule has 39 heavy (non-hydrogen) atoms. The van der Waals surface area contributed by atoms with Gasteiger partial charge in [-0.1, -0.05) is 38.5 Å². The van der Waals surface area contributed by atoms with Crippen molar-refractivity contribution in [2.75, 3.05) is 0 Å². The van der Waals surface area contributed by atoms with Crippen LogP contribution < -0.4 is 31.9 Å². The molecule has 12 nitrogen and oxygen atoms in total. The Hall–Kier alpha value is -1.83. The molecule has 0 amide bonds. The number of nitrogens with one attached hydrogen (secondary N) is 6. The number of nitrogens with zero attached hydrogens (tertiary/aromatic N) is 6. The first-order valence-corrected chi connectivity index (χ1v) is 16.0. The molecule has 6 N–H and O–H groups in total. The number of hydrogen-bond acceptors (Lipinski definition) is 12. The summed E-state index contributed by atoms with van der Waals surface area (Å²) >= 11 is 0. The predicted molar refractivity (Wildman–Crippen MR) is 147 cm³/mol. The maximum atomic E-state index is 5.41. The Bertz CT molecular complexity index is 982. The van der Waals surface area contributed by atoms with Crippen molar-refractivity contribution in [3.05, 3.63) is 0 Å². The Labute approximate surface area is 229 Å². The number of aliphatic imine (C=N–C) groups is 3. The molecular formula is C27H42N12. The van der Waals surface area contributed by atoms with E-state index in [1.54, 1.807) is 0 Å². The highest BCUT2D eigenvalue weighted by Gasteiger charge is 2.62. The minimum atomic E-state index is 0.0207. The van der Waals surface area contributed by atoms with Crippen LogP contribution in [0, 0.1) is 0 Å². The first kappa shape index (κ1) is 22.8. The molecule has 7 heterocycles. The van der Waals surface area contributed by atoms with Crippen molar-refractivity contribution in [3.63, 3.8) is 0 Å². The minimum absolute atomic E-state index is 0.0207. The lowest BCUT2D eigenvalue weighted by atomic mass is 9.88. The van der Waals surface area contributed by atoms with Gasteiger partial charge in [-0.05, 0) is 38.5 Å². The third kappa shape index (κ3) is 3.18. The van der Waals surface area contributed by atoms with Crippen LogP contribution in [0.5, 0.6) is 0 Å². The molecule has 3 aliphatic carbocycles. The van der Waals surface area contributed by atoms with Crippen molar-refractivity contribution in [2.24, 2.45) is 15.0 Å². The highest BCUT2D eigenvalue weighted by Crippen LogP contribution is 2.40. The predicted octanol–water partition coefficient (Wildman–Crippen LogP) is -0.517. The standard InChI is InChI=1S/C27H42N12/c1-4-10-16-13(7-1)28-19-22(31-16)37-25(34-19)38-23-20(29-14-8-2-5-11-17(14)32-23)36-27(38)39-24-21(35-26(37)39)30-15-9-3-6-12-18(15)33-24/h13-24,28-33H,1-12H2. The first-order valence-electron chi connectivity index (χ1n) is 16.0. The fraction of sp³-hybridized carbons (Fsp3) is 0.889. The molecule has 12 heteroatoms. The van der Waals surface area contributed by atoms with Crippen LogP contribution >= 0.6 is 0 Å². The summed E-state index contributed by atoms with van der Waals surface area (Å²) in [6.45, 7) is 0. The molecule has 3 saturated carbocycles. The second-order valence-corrected chi connectivity index (χ2v) is 13.6. The van der Waals surface area contributed by atoms with Crippen molar-refractivity contribution in [1.29, 1.82) is 0 Å².